The van der Waals surface area contributed by atoms with E-state index in [1.807, 2.05) is 0 Å². The predicted octanol–water partition coefficient (Wildman–Crippen LogP) is 3.96. The molecule has 0 radical (unpaired) electrons. The Labute approximate surface area is 145 Å². The predicted molar refractivity (Wildman–Crippen MR) is 90.0 cm³/mol. The minimum atomic E-state index is -1.30. The van der Waals surface area contributed by atoms with E-state index in [-0.39, 0.29) is 25.6 Å². The monoisotopic (exact) mass is 337 g/mol. The second-order valence-corrected chi connectivity index (χ2v) is 7.22. The van der Waals surface area contributed by atoms with Crippen molar-refractivity contribution in [3.05, 3.63) is 0 Å². The zero-order valence-electron chi connectivity index (χ0n) is 15.1. The molecule has 136 valence electrons. The van der Waals surface area contributed by atoms with Crippen LogP contribution in [-0.4, -0.2) is 31.6 Å². The molecule has 2 aliphatic rings. The van der Waals surface area contributed by atoms with E-state index in [9.17, 15) is 10.1 Å². The summed E-state index contributed by atoms with van der Waals surface area (Å²) >= 11 is 0. The first-order valence-electron chi connectivity index (χ1n) is 9.49. The quantitative estimate of drug-likeness (QED) is 0.658. The zero-order valence-corrected chi connectivity index (χ0v) is 15.1. The molecule has 24 heavy (non-hydrogen) atoms. The third-order valence-corrected chi connectivity index (χ3v) is 5.19. The number of carbonyl (C=O) groups excluding carboxylic acids is 1. The van der Waals surface area contributed by atoms with Crippen LogP contribution in [0.3, 0.4) is 0 Å². The zero-order chi connectivity index (χ0) is 17.4. The van der Waals surface area contributed by atoms with Gasteiger partial charge in [0.1, 0.15) is 6.10 Å². The van der Waals surface area contributed by atoms with Gasteiger partial charge in [0.25, 0.3) is 0 Å². The van der Waals surface area contributed by atoms with Crippen molar-refractivity contribution in [3.63, 3.8) is 0 Å². The Hall–Kier alpha value is -1.12. The van der Waals surface area contributed by atoms with E-state index in [0.29, 0.717) is 0 Å². The van der Waals surface area contributed by atoms with Gasteiger partial charge in [-0.25, -0.2) is 0 Å². The van der Waals surface area contributed by atoms with Crippen molar-refractivity contribution in [2.24, 2.45) is 11.3 Å². The van der Waals surface area contributed by atoms with Crippen LogP contribution in [0.1, 0.15) is 71.6 Å². The van der Waals surface area contributed by atoms with Crippen molar-refractivity contribution < 1.29 is 19.0 Å². The summed E-state index contributed by atoms with van der Waals surface area (Å²) in [4.78, 5) is 12.5. The van der Waals surface area contributed by atoms with Gasteiger partial charge in [-0.3, -0.25) is 4.79 Å². The Morgan fingerprint density at radius 1 is 1.12 bits per heavy atom. The molecule has 5 nitrogen and oxygen atoms in total. The van der Waals surface area contributed by atoms with Gasteiger partial charge >= 0.3 is 5.97 Å². The molecule has 0 aromatic carbocycles. The fraction of sp³-hybridized carbons (Fsp3) is 0.895. The van der Waals surface area contributed by atoms with Crippen LogP contribution in [0.2, 0.25) is 0 Å². The Balaban J connectivity index is 1.81. The van der Waals surface area contributed by atoms with E-state index >= 15 is 0 Å². The van der Waals surface area contributed by atoms with E-state index in [1.165, 1.54) is 12.8 Å². The van der Waals surface area contributed by atoms with Gasteiger partial charge in [-0.1, -0.05) is 33.1 Å². The maximum Gasteiger partial charge on any atom is 0.331 e. The third kappa shape index (κ3) is 4.94. The van der Waals surface area contributed by atoms with E-state index in [4.69, 9.17) is 14.2 Å². The van der Waals surface area contributed by atoms with Crippen LogP contribution in [0.5, 0.6) is 0 Å². The molecule has 1 heterocycles. The van der Waals surface area contributed by atoms with E-state index in [2.05, 4.69) is 19.9 Å². The Kier molecular flexibility index (Phi) is 7.51. The van der Waals surface area contributed by atoms with E-state index in [1.54, 1.807) is 0 Å². The Morgan fingerprint density at radius 2 is 1.79 bits per heavy atom. The van der Waals surface area contributed by atoms with Crippen LogP contribution in [0.4, 0.5) is 0 Å². The number of unbranched alkanes of at least 4 members (excludes halogenated alkanes) is 1. The largest absolute Gasteiger partial charge is 0.461 e. The number of nitriles is 1. The lowest BCUT2D eigenvalue weighted by atomic mass is 9.84. The third-order valence-electron chi connectivity index (χ3n) is 5.19. The van der Waals surface area contributed by atoms with Gasteiger partial charge in [-0.15, -0.1) is 0 Å². The lowest BCUT2D eigenvalue weighted by Gasteiger charge is -2.35. The molecule has 1 saturated heterocycles. The van der Waals surface area contributed by atoms with Crippen LogP contribution in [0.15, 0.2) is 0 Å². The van der Waals surface area contributed by atoms with Crippen molar-refractivity contribution in [2.75, 3.05) is 13.2 Å². The first kappa shape index (κ1) is 19.2. The van der Waals surface area contributed by atoms with Gasteiger partial charge in [0, 0.05) is 0 Å². The normalized spacial score (nSPS) is 33.6. The number of esters is 1. The second-order valence-electron chi connectivity index (χ2n) is 7.22. The maximum atomic E-state index is 12.5. The Morgan fingerprint density at radius 3 is 2.33 bits per heavy atom. The number of hydrogen-bond donors (Lipinski definition) is 0. The van der Waals surface area contributed by atoms with Crippen LogP contribution >= 0.6 is 0 Å². The molecule has 1 aliphatic carbocycles. The van der Waals surface area contributed by atoms with Gasteiger partial charge < -0.3 is 14.2 Å². The van der Waals surface area contributed by atoms with Gasteiger partial charge in [-0.2, -0.15) is 5.26 Å². The van der Waals surface area contributed by atoms with Crippen LogP contribution in [0.25, 0.3) is 0 Å². The highest BCUT2D eigenvalue weighted by molar-refractivity contribution is 5.80. The van der Waals surface area contributed by atoms with Crippen LogP contribution in [-0.2, 0) is 19.0 Å². The molecule has 0 aromatic heterocycles. The first-order valence-corrected chi connectivity index (χ1v) is 9.49. The van der Waals surface area contributed by atoms with Gasteiger partial charge in [0.05, 0.1) is 19.3 Å². The summed E-state index contributed by atoms with van der Waals surface area (Å²) < 4.78 is 16.8. The molecule has 2 rings (SSSR count). The van der Waals surface area contributed by atoms with Gasteiger partial charge in [0.2, 0.25) is 5.41 Å². The lowest BCUT2D eigenvalue weighted by Crippen LogP contribution is -2.48. The average Bonchev–Trinajstić information content (AvgIpc) is 2.62. The van der Waals surface area contributed by atoms with Gasteiger partial charge in [0.15, 0.2) is 6.29 Å². The maximum absolute atomic E-state index is 12.5. The molecule has 0 N–H and O–H groups in total. The molecule has 5 heteroatoms. The summed E-state index contributed by atoms with van der Waals surface area (Å²) in [7, 11) is 0. The standard InChI is InChI=1S/C19H31NO4/c1-3-5-7-17-22-13-19(12-20,14-23-17)18(21)24-16-10-8-15(6-4-2)9-11-16/h15-17H,3-11,13-14H2,1-2H3. The molecule has 0 unspecified atom stereocenters. The molecule has 0 spiro atoms. The highest BCUT2D eigenvalue weighted by atomic mass is 16.7. The Bertz CT molecular complexity index is 429. The van der Waals surface area contributed by atoms with Crippen molar-refractivity contribution in [2.45, 2.75) is 84.0 Å². The van der Waals surface area contributed by atoms with Crippen molar-refractivity contribution in [1.82, 2.24) is 0 Å². The molecule has 1 saturated carbocycles. The number of nitrogens with zero attached hydrogens (tertiary/aromatic N) is 1. The summed E-state index contributed by atoms with van der Waals surface area (Å²) in [5.74, 6) is 0.286. The molecular formula is C19H31NO4. The van der Waals surface area contributed by atoms with Crippen LogP contribution < -0.4 is 0 Å². The summed E-state index contributed by atoms with van der Waals surface area (Å²) in [6.07, 6.45) is 8.99. The second kappa shape index (κ2) is 9.39. The lowest BCUT2D eigenvalue weighted by molar-refractivity contribution is -0.228. The summed E-state index contributed by atoms with van der Waals surface area (Å²) in [5, 5.41) is 9.50. The highest BCUT2D eigenvalue weighted by Gasteiger charge is 2.46. The van der Waals surface area contributed by atoms with Crippen LogP contribution in [0, 0.1) is 22.7 Å². The van der Waals surface area contributed by atoms with Crippen molar-refractivity contribution in [1.29, 1.82) is 5.26 Å². The molecule has 2 fully saturated rings. The van der Waals surface area contributed by atoms with E-state index < -0.39 is 11.4 Å². The molecule has 0 amide bonds. The smallest absolute Gasteiger partial charge is 0.331 e. The average molecular weight is 337 g/mol. The molecule has 0 aromatic rings. The molecular weight excluding hydrogens is 306 g/mol. The van der Waals surface area contributed by atoms with E-state index in [0.717, 1.165) is 50.9 Å². The minimum Gasteiger partial charge on any atom is -0.461 e. The summed E-state index contributed by atoms with van der Waals surface area (Å²) in [5.41, 5.74) is -1.30. The fourth-order valence-corrected chi connectivity index (χ4v) is 3.54. The van der Waals surface area contributed by atoms with Crippen molar-refractivity contribution in [3.8, 4) is 6.07 Å². The van der Waals surface area contributed by atoms with Crippen molar-refractivity contribution >= 4 is 5.97 Å². The number of rotatable bonds is 7. The highest BCUT2D eigenvalue weighted by Crippen LogP contribution is 2.32. The topological polar surface area (TPSA) is 68.5 Å². The van der Waals surface area contributed by atoms with Gasteiger partial charge in [-0.05, 0) is 44.4 Å². The minimum absolute atomic E-state index is 0.0614. The number of ether oxygens (including phenoxy) is 3. The summed E-state index contributed by atoms with van der Waals surface area (Å²) in [6.45, 7) is 4.46. The molecule has 0 bridgehead atoms. The fourth-order valence-electron chi connectivity index (χ4n) is 3.54. The first-order chi connectivity index (χ1) is 11.6. The molecule has 0 atom stereocenters. The number of hydrogen-bond acceptors (Lipinski definition) is 5. The summed E-state index contributed by atoms with van der Waals surface area (Å²) in [6, 6.07) is 2.09. The molecule has 1 aliphatic heterocycles. The SMILES string of the molecule is CCCCC1OCC(C#N)(C(=O)OC2CCC(CCC)CC2)CO1. The number of carbonyl (C=O) groups is 1.